The van der Waals surface area contributed by atoms with Gasteiger partial charge < -0.3 is 10.6 Å². The van der Waals surface area contributed by atoms with Gasteiger partial charge in [0.15, 0.2) is 0 Å². The maximum atomic E-state index is 12.3. The third kappa shape index (κ3) is 5.19. The standard InChI is InChI=1S/C22H26N2O2/c25-21(23-15-7-10-17-8-2-1-3-9-17)18-11-6-12-19(16-18)22(26)24-20-13-4-5-14-20/h1-3,6,8-9,11-12,16,20H,4-5,7,10,13-15H2,(H,23,25)(H,24,26). The molecule has 0 saturated heterocycles. The van der Waals surface area contributed by atoms with Crippen LogP contribution in [0.3, 0.4) is 0 Å². The normalized spacial score (nSPS) is 14.2. The lowest BCUT2D eigenvalue weighted by Crippen LogP contribution is -2.32. The molecule has 1 saturated carbocycles. The first-order chi connectivity index (χ1) is 12.7. The largest absolute Gasteiger partial charge is 0.352 e. The number of benzene rings is 2. The van der Waals surface area contributed by atoms with Crippen LogP contribution in [0.4, 0.5) is 0 Å². The number of hydrogen-bond donors (Lipinski definition) is 2. The van der Waals surface area contributed by atoms with E-state index in [1.807, 2.05) is 18.2 Å². The van der Waals surface area contributed by atoms with Gasteiger partial charge in [0.1, 0.15) is 0 Å². The molecule has 0 radical (unpaired) electrons. The second kappa shape index (κ2) is 9.18. The SMILES string of the molecule is O=C(NCCCc1ccccc1)c1cccc(C(=O)NC2CCCC2)c1. The van der Waals surface area contributed by atoms with Crippen molar-refractivity contribution in [2.45, 2.75) is 44.6 Å². The highest BCUT2D eigenvalue weighted by Gasteiger charge is 2.18. The molecule has 1 fully saturated rings. The number of carbonyl (C=O) groups is 2. The molecular formula is C22H26N2O2. The molecule has 0 unspecified atom stereocenters. The Morgan fingerprint density at radius 3 is 2.31 bits per heavy atom. The van der Waals surface area contributed by atoms with E-state index in [1.165, 1.54) is 18.4 Å². The van der Waals surface area contributed by atoms with Crippen molar-refractivity contribution in [3.63, 3.8) is 0 Å². The van der Waals surface area contributed by atoms with E-state index in [0.717, 1.165) is 25.7 Å². The van der Waals surface area contributed by atoms with Crippen molar-refractivity contribution in [3.05, 3.63) is 71.3 Å². The summed E-state index contributed by atoms with van der Waals surface area (Å²) in [6, 6.07) is 17.5. The number of rotatable bonds is 7. The van der Waals surface area contributed by atoms with E-state index in [0.29, 0.717) is 17.7 Å². The van der Waals surface area contributed by atoms with Crippen LogP contribution in [0.15, 0.2) is 54.6 Å². The van der Waals surface area contributed by atoms with Crippen molar-refractivity contribution in [2.24, 2.45) is 0 Å². The van der Waals surface area contributed by atoms with Crippen molar-refractivity contribution >= 4 is 11.8 Å². The van der Waals surface area contributed by atoms with Gasteiger partial charge in [-0.15, -0.1) is 0 Å². The summed E-state index contributed by atoms with van der Waals surface area (Å²) in [5, 5.41) is 6.00. The Morgan fingerprint density at radius 2 is 1.58 bits per heavy atom. The maximum Gasteiger partial charge on any atom is 0.251 e. The van der Waals surface area contributed by atoms with E-state index < -0.39 is 0 Å². The zero-order valence-corrected chi connectivity index (χ0v) is 15.0. The highest BCUT2D eigenvalue weighted by molar-refractivity contribution is 5.99. The summed E-state index contributed by atoms with van der Waals surface area (Å²) in [6.07, 6.45) is 6.27. The van der Waals surface area contributed by atoms with E-state index in [1.54, 1.807) is 24.3 Å². The Kier molecular flexibility index (Phi) is 6.42. The molecule has 0 heterocycles. The molecule has 26 heavy (non-hydrogen) atoms. The van der Waals surface area contributed by atoms with Crippen molar-refractivity contribution in [2.75, 3.05) is 6.54 Å². The number of nitrogens with one attached hydrogen (secondary N) is 2. The number of carbonyl (C=O) groups excluding carboxylic acids is 2. The summed E-state index contributed by atoms with van der Waals surface area (Å²) < 4.78 is 0. The van der Waals surface area contributed by atoms with Crippen LogP contribution >= 0.6 is 0 Å². The van der Waals surface area contributed by atoms with Crippen molar-refractivity contribution in [3.8, 4) is 0 Å². The smallest absolute Gasteiger partial charge is 0.251 e. The Morgan fingerprint density at radius 1 is 0.885 bits per heavy atom. The van der Waals surface area contributed by atoms with Gasteiger partial charge in [-0.2, -0.15) is 0 Å². The highest BCUT2D eigenvalue weighted by Crippen LogP contribution is 2.18. The zero-order valence-electron chi connectivity index (χ0n) is 15.0. The molecule has 0 bridgehead atoms. The Balaban J connectivity index is 1.48. The van der Waals surface area contributed by atoms with Crippen LogP contribution in [0, 0.1) is 0 Å². The lowest BCUT2D eigenvalue weighted by Gasteiger charge is -2.12. The molecule has 2 N–H and O–H groups in total. The summed E-state index contributed by atoms with van der Waals surface area (Å²) >= 11 is 0. The average Bonchev–Trinajstić information content (AvgIpc) is 3.19. The van der Waals surface area contributed by atoms with Crippen LogP contribution in [-0.2, 0) is 6.42 Å². The lowest BCUT2D eigenvalue weighted by molar-refractivity contribution is 0.0938. The number of amides is 2. The second-order valence-corrected chi connectivity index (χ2v) is 6.88. The first-order valence-corrected chi connectivity index (χ1v) is 9.45. The zero-order chi connectivity index (χ0) is 18.2. The van der Waals surface area contributed by atoms with Gasteiger partial charge in [-0.1, -0.05) is 49.2 Å². The fourth-order valence-electron chi connectivity index (χ4n) is 3.38. The molecular weight excluding hydrogens is 324 g/mol. The average molecular weight is 350 g/mol. The molecule has 0 aromatic heterocycles. The van der Waals surface area contributed by atoms with Crippen molar-refractivity contribution in [1.82, 2.24) is 10.6 Å². The molecule has 0 aliphatic heterocycles. The Labute approximate surface area is 155 Å². The minimum atomic E-state index is -0.131. The van der Waals surface area contributed by atoms with Gasteiger partial charge in [0.05, 0.1) is 0 Å². The summed E-state index contributed by atoms with van der Waals surface area (Å²) in [4.78, 5) is 24.7. The molecule has 136 valence electrons. The van der Waals surface area contributed by atoms with Gasteiger partial charge in [-0.05, 0) is 49.4 Å². The van der Waals surface area contributed by atoms with Crippen molar-refractivity contribution in [1.29, 1.82) is 0 Å². The monoisotopic (exact) mass is 350 g/mol. The minimum Gasteiger partial charge on any atom is -0.352 e. The fraction of sp³-hybridized carbons (Fsp3) is 0.364. The summed E-state index contributed by atoms with van der Waals surface area (Å²) in [6.45, 7) is 0.617. The van der Waals surface area contributed by atoms with E-state index in [9.17, 15) is 9.59 Å². The molecule has 0 spiro atoms. The third-order valence-corrected chi connectivity index (χ3v) is 4.85. The van der Waals surface area contributed by atoms with Crippen LogP contribution in [0.5, 0.6) is 0 Å². The summed E-state index contributed by atoms with van der Waals surface area (Å²) in [7, 11) is 0. The highest BCUT2D eigenvalue weighted by atomic mass is 16.2. The minimum absolute atomic E-state index is 0.0874. The lowest BCUT2D eigenvalue weighted by atomic mass is 10.1. The predicted molar refractivity (Wildman–Crippen MR) is 103 cm³/mol. The maximum absolute atomic E-state index is 12.3. The van der Waals surface area contributed by atoms with Gasteiger partial charge in [0.2, 0.25) is 0 Å². The molecule has 1 aliphatic carbocycles. The van der Waals surface area contributed by atoms with Gasteiger partial charge in [0.25, 0.3) is 11.8 Å². The molecule has 4 nitrogen and oxygen atoms in total. The summed E-state index contributed by atoms with van der Waals surface area (Å²) in [5.41, 5.74) is 2.35. The fourth-order valence-corrected chi connectivity index (χ4v) is 3.38. The van der Waals surface area contributed by atoms with Crippen molar-refractivity contribution < 1.29 is 9.59 Å². The van der Waals surface area contributed by atoms with E-state index in [2.05, 4.69) is 22.8 Å². The van der Waals surface area contributed by atoms with Crippen LogP contribution in [-0.4, -0.2) is 24.4 Å². The van der Waals surface area contributed by atoms with E-state index in [-0.39, 0.29) is 17.9 Å². The molecule has 4 heteroatoms. The van der Waals surface area contributed by atoms with Crippen LogP contribution in [0.25, 0.3) is 0 Å². The summed E-state index contributed by atoms with van der Waals surface area (Å²) in [5.74, 6) is -0.218. The molecule has 2 amide bonds. The Bertz CT molecular complexity index is 737. The first kappa shape index (κ1) is 18.2. The Hall–Kier alpha value is -2.62. The quantitative estimate of drug-likeness (QED) is 0.748. The van der Waals surface area contributed by atoms with Crippen LogP contribution in [0.2, 0.25) is 0 Å². The van der Waals surface area contributed by atoms with Gasteiger partial charge >= 0.3 is 0 Å². The first-order valence-electron chi connectivity index (χ1n) is 9.45. The molecule has 2 aromatic carbocycles. The molecule has 0 atom stereocenters. The second-order valence-electron chi connectivity index (χ2n) is 6.88. The topological polar surface area (TPSA) is 58.2 Å². The third-order valence-electron chi connectivity index (χ3n) is 4.85. The molecule has 3 rings (SSSR count). The van der Waals surface area contributed by atoms with Gasteiger partial charge in [0, 0.05) is 23.7 Å². The van der Waals surface area contributed by atoms with Crippen LogP contribution in [0.1, 0.15) is 58.4 Å². The van der Waals surface area contributed by atoms with E-state index >= 15 is 0 Å². The van der Waals surface area contributed by atoms with E-state index in [4.69, 9.17) is 0 Å². The number of aryl methyl sites for hydroxylation is 1. The molecule has 1 aliphatic rings. The number of hydrogen-bond acceptors (Lipinski definition) is 2. The predicted octanol–water partition coefficient (Wildman–Crippen LogP) is 3.72. The molecule has 2 aromatic rings. The van der Waals surface area contributed by atoms with Gasteiger partial charge in [-0.25, -0.2) is 0 Å². The van der Waals surface area contributed by atoms with Crippen LogP contribution < -0.4 is 10.6 Å². The van der Waals surface area contributed by atoms with Gasteiger partial charge in [-0.3, -0.25) is 9.59 Å².